The van der Waals surface area contributed by atoms with Crippen LogP contribution >= 0.6 is 0 Å². The Morgan fingerprint density at radius 2 is 1.00 bits per heavy atom. The van der Waals surface area contributed by atoms with Crippen molar-refractivity contribution in [3.63, 3.8) is 0 Å². The van der Waals surface area contributed by atoms with Gasteiger partial charge in [0.25, 0.3) is 0 Å². The van der Waals surface area contributed by atoms with E-state index in [9.17, 15) is 19.2 Å². The molecule has 0 bridgehead atoms. The first-order valence-corrected chi connectivity index (χ1v) is 7.38. The van der Waals surface area contributed by atoms with Crippen molar-refractivity contribution in [2.24, 2.45) is 0 Å². The van der Waals surface area contributed by atoms with Crippen LogP contribution in [-0.4, -0.2) is 69.7 Å². The normalized spacial score (nSPS) is 13.0. The summed E-state index contributed by atoms with van der Waals surface area (Å²) in [4.78, 5) is 44.4. The molecular weight excluding hydrogens is 328 g/mol. The molecule has 0 spiro atoms. The number of carbonyl (C=O) groups excluding carboxylic acids is 4. The molecule has 138 valence electrons. The second kappa shape index (κ2) is 12.5. The molecule has 2 atom stereocenters. The van der Waals surface area contributed by atoms with Crippen LogP contribution in [0.5, 0.6) is 0 Å². The number of rotatable bonds is 11. The van der Waals surface area contributed by atoms with Gasteiger partial charge in [0.05, 0.1) is 13.2 Å². The van der Waals surface area contributed by atoms with Gasteiger partial charge in [-0.2, -0.15) is 0 Å². The van der Waals surface area contributed by atoms with Crippen LogP contribution < -0.4 is 0 Å². The van der Waals surface area contributed by atoms with E-state index in [-0.39, 0.29) is 12.8 Å². The fraction of sp³-hybridized carbons (Fsp3) is 0.714. The van der Waals surface area contributed by atoms with E-state index >= 15 is 0 Å². The topological polar surface area (TPSA) is 168 Å². The van der Waals surface area contributed by atoms with Crippen LogP contribution in [0.25, 0.3) is 0 Å². The Kier molecular flexibility index (Phi) is 11.5. The zero-order chi connectivity index (χ0) is 18.5. The molecule has 0 saturated carbocycles. The molecule has 0 rings (SSSR count). The summed E-state index contributed by atoms with van der Waals surface area (Å²) in [6, 6.07) is 0. The molecule has 0 radical (unpaired) electrons. The van der Waals surface area contributed by atoms with E-state index < -0.39 is 49.3 Å². The summed E-state index contributed by atoms with van der Waals surface area (Å²) < 4.78 is 8.56. The summed E-state index contributed by atoms with van der Waals surface area (Å²) >= 11 is 0. The minimum absolute atomic E-state index is 0.0600. The Morgan fingerprint density at radius 1 is 0.667 bits per heavy atom. The number of aliphatic hydroxyl groups is 4. The van der Waals surface area contributed by atoms with Crippen molar-refractivity contribution in [2.45, 2.75) is 50.7 Å². The number of hydrogen-bond acceptors (Lipinski definition) is 10. The Labute approximate surface area is 138 Å². The molecule has 0 aliphatic heterocycles. The molecule has 0 aromatic rings. The van der Waals surface area contributed by atoms with E-state index in [1.54, 1.807) is 0 Å². The molecule has 0 heterocycles. The largest absolute Gasteiger partial charge is 0.393 e. The SMILES string of the molecule is O=C(CCCCCCC(=O)OC(=O)C(O)CO)OC(=O)C(O)CO. The van der Waals surface area contributed by atoms with Crippen LogP contribution in [0.2, 0.25) is 0 Å². The van der Waals surface area contributed by atoms with Crippen LogP contribution in [-0.2, 0) is 28.7 Å². The summed E-state index contributed by atoms with van der Waals surface area (Å²) in [6.07, 6.45) is -1.74. The van der Waals surface area contributed by atoms with Crippen molar-refractivity contribution in [2.75, 3.05) is 13.2 Å². The third-order valence-electron chi connectivity index (χ3n) is 2.83. The molecule has 10 nitrogen and oxygen atoms in total. The van der Waals surface area contributed by atoms with E-state index in [0.717, 1.165) is 0 Å². The quantitative estimate of drug-likeness (QED) is 0.189. The predicted octanol–water partition coefficient (Wildman–Crippen LogP) is -1.83. The smallest absolute Gasteiger partial charge is 0.345 e. The van der Waals surface area contributed by atoms with Crippen LogP contribution in [0, 0.1) is 0 Å². The molecule has 0 fully saturated rings. The van der Waals surface area contributed by atoms with Gasteiger partial charge >= 0.3 is 23.9 Å². The van der Waals surface area contributed by atoms with Gasteiger partial charge in [0.15, 0.2) is 12.2 Å². The van der Waals surface area contributed by atoms with Crippen LogP contribution in [0.3, 0.4) is 0 Å². The maximum atomic E-state index is 11.2. The number of hydrogen-bond donors (Lipinski definition) is 4. The first-order chi connectivity index (χ1) is 11.3. The number of esters is 4. The molecule has 4 N–H and O–H groups in total. The number of unbranched alkanes of at least 4 members (excludes halogenated alkanes) is 3. The van der Waals surface area contributed by atoms with Crippen LogP contribution in [0.15, 0.2) is 0 Å². The molecule has 24 heavy (non-hydrogen) atoms. The fourth-order valence-electron chi connectivity index (χ4n) is 1.50. The molecule has 0 aromatic heterocycles. The molecule has 0 aliphatic rings. The average Bonchev–Trinajstić information content (AvgIpc) is 2.55. The Hall–Kier alpha value is -1.88. The standard InChI is InChI=1S/C14H22O10/c15-7-9(17)13(21)23-11(19)5-3-1-2-4-6-12(20)24-14(22)10(18)8-16/h9-10,15-18H,1-8H2. The Bertz CT molecular complexity index is 393. The summed E-state index contributed by atoms with van der Waals surface area (Å²) in [5.74, 6) is -4.06. The zero-order valence-corrected chi connectivity index (χ0v) is 13.0. The van der Waals surface area contributed by atoms with E-state index in [1.807, 2.05) is 0 Å². The first-order valence-electron chi connectivity index (χ1n) is 7.38. The highest BCUT2D eigenvalue weighted by Gasteiger charge is 2.19. The fourth-order valence-corrected chi connectivity index (χ4v) is 1.50. The second-order valence-electron chi connectivity index (χ2n) is 4.90. The van der Waals surface area contributed by atoms with Gasteiger partial charge in [0, 0.05) is 12.8 Å². The second-order valence-corrected chi connectivity index (χ2v) is 4.90. The van der Waals surface area contributed by atoms with Gasteiger partial charge < -0.3 is 29.9 Å². The molecule has 2 unspecified atom stereocenters. The van der Waals surface area contributed by atoms with Crippen molar-refractivity contribution in [3.8, 4) is 0 Å². The third kappa shape index (κ3) is 10.0. The van der Waals surface area contributed by atoms with Crippen molar-refractivity contribution in [1.29, 1.82) is 0 Å². The van der Waals surface area contributed by atoms with Crippen molar-refractivity contribution < 1.29 is 49.1 Å². The highest BCUT2D eigenvalue weighted by Crippen LogP contribution is 2.07. The Balaban J connectivity index is 3.70. The minimum atomic E-state index is -1.74. The maximum Gasteiger partial charge on any atom is 0.345 e. The van der Waals surface area contributed by atoms with Crippen LogP contribution in [0.1, 0.15) is 38.5 Å². The van der Waals surface area contributed by atoms with Crippen molar-refractivity contribution in [1.82, 2.24) is 0 Å². The number of aliphatic hydroxyl groups excluding tert-OH is 4. The third-order valence-corrected chi connectivity index (χ3v) is 2.83. The van der Waals surface area contributed by atoms with Crippen LogP contribution in [0.4, 0.5) is 0 Å². The van der Waals surface area contributed by atoms with Gasteiger partial charge in [-0.3, -0.25) is 9.59 Å². The monoisotopic (exact) mass is 350 g/mol. The van der Waals surface area contributed by atoms with Crippen molar-refractivity contribution >= 4 is 23.9 Å². The van der Waals surface area contributed by atoms with Gasteiger partial charge in [-0.25, -0.2) is 9.59 Å². The maximum absolute atomic E-state index is 11.2. The zero-order valence-electron chi connectivity index (χ0n) is 13.0. The predicted molar refractivity (Wildman–Crippen MR) is 76.1 cm³/mol. The minimum Gasteiger partial charge on any atom is -0.393 e. The average molecular weight is 350 g/mol. The lowest BCUT2D eigenvalue weighted by Gasteiger charge is -2.07. The van der Waals surface area contributed by atoms with Gasteiger partial charge in [0.2, 0.25) is 0 Å². The number of carbonyl (C=O) groups is 4. The van der Waals surface area contributed by atoms with E-state index in [2.05, 4.69) is 9.47 Å². The molecule has 0 aromatic carbocycles. The Morgan fingerprint density at radius 3 is 1.29 bits per heavy atom. The summed E-state index contributed by atoms with van der Waals surface area (Å²) in [5.41, 5.74) is 0. The highest BCUT2D eigenvalue weighted by molar-refractivity contribution is 5.88. The molecule has 0 amide bonds. The van der Waals surface area contributed by atoms with Crippen molar-refractivity contribution in [3.05, 3.63) is 0 Å². The molecule has 10 heteroatoms. The van der Waals surface area contributed by atoms with Gasteiger partial charge in [-0.15, -0.1) is 0 Å². The van der Waals surface area contributed by atoms with E-state index in [4.69, 9.17) is 20.4 Å². The molecule has 0 aliphatic carbocycles. The number of ether oxygens (including phenoxy) is 2. The summed E-state index contributed by atoms with van der Waals surface area (Å²) in [7, 11) is 0. The lowest BCUT2D eigenvalue weighted by molar-refractivity contribution is -0.168. The first kappa shape index (κ1) is 22.1. The van der Waals surface area contributed by atoms with Gasteiger partial charge in [-0.05, 0) is 12.8 Å². The van der Waals surface area contributed by atoms with Gasteiger partial charge in [-0.1, -0.05) is 12.8 Å². The lowest BCUT2D eigenvalue weighted by atomic mass is 10.1. The summed E-state index contributed by atoms with van der Waals surface area (Å²) in [6.45, 7) is -1.67. The molecular formula is C14H22O10. The highest BCUT2D eigenvalue weighted by atomic mass is 16.6. The molecule has 0 saturated heterocycles. The van der Waals surface area contributed by atoms with Gasteiger partial charge in [0.1, 0.15) is 0 Å². The van der Waals surface area contributed by atoms with E-state index in [1.165, 1.54) is 0 Å². The lowest BCUT2D eigenvalue weighted by Crippen LogP contribution is -2.28. The van der Waals surface area contributed by atoms with E-state index in [0.29, 0.717) is 25.7 Å². The summed E-state index contributed by atoms with van der Waals surface area (Å²) in [5, 5.41) is 34.8.